The fourth-order valence-electron chi connectivity index (χ4n) is 1.68. The normalized spacial score (nSPS) is 11.4. The van der Waals surface area contributed by atoms with Crippen molar-refractivity contribution in [3.8, 4) is 5.75 Å². The van der Waals surface area contributed by atoms with Crippen LogP contribution in [-0.4, -0.2) is 31.1 Å². The van der Waals surface area contributed by atoms with E-state index in [2.05, 4.69) is 13.2 Å². The third-order valence-electron chi connectivity index (χ3n) is 2.61. The van der Waals surface area contributed by atoms with E-state index < -0.39 is 11.7 Å². The van der Waals surface area contributed by atoms with E-state index in [1.807, 2.05) is 4.90 Å². The molecule has 0 bridgehead atoms. The fourth-order valence-corrected chi connectivity index (χ4v) is 1.68. The van der Waals surface area contributed by atoms with Crippen LogP contribution in [0.25, 0.3) is 0 Å². The Hall–Kier alpha value is -1.75. The standard InChI is InChI=1S/C15H18F3NO/c1-3-8-19(9-4-2)10-11-20-14-7-5-6-13(12-14)15(16,17)18/h3-7,12H,1-2,8-11H2. The van der Waals surface area contributed by atoms with Gasteiger partial charge in [0.2, 0.25) is 0 Å². The molecule has 1 rings (SSSR count). The van der Waals surface area contributed by atoms with Crippen LogP contribution in [0.4, 0.5) is 13.2 Å². The molecule has 0 amide bonds. The summed E-state index contributed by atoms with van der Waals surface area (Å²) in [5, 5.41) is 0. The number of benzene rings is 1. The van der Waals surface area contributed by atoms with Crippen molar-refractivity contribution in [3.05, 3.63) is 55.1 Å². The number of halogens is 3. The van der Waals surface area contributed by atoms with Crippen molar-refractivity contribution in [1.82, 2.24) is 4.90 Å². The summed E-state index contributed by atoms with van der Waals surface area (Å²) in [4.78, 5) is 2.02. The van der Waals surface area contributed by atoms with Gasteiger partial charge in [-0.25, -0.2) is 0 Å². The van der Waals surface area contributed by atoms with Crippen molar-refractivity contribution in [3.63, 3.8) is 0 Å². The molecule has 0 aliphatic rings. The van der Waals surface area contributed by atoms with E-state index in [9.17, 15) is 13.2 Å². The van der Waals surface area contributed by atoms with Crippen LogP contribution in [0.1, 0.15) is 5.56 Å². The van der Waals surface area contributed by atoms with Crippen LogP contribution in [0.3, 0.4) is 0 Å². The van der Waals surface area contributed by atoms with Crippen molar-refractivity contribution in [2.75, 3.05) is 26.2 Å². The van der Waals surface area contributed by atoms with Gasteiger partial charge >= 0.3 is 6.18 Å². The molecule has 1 aromatic rings. The largest absolute Gasteiger partial charge is 0.492 e. The molecule has 0 aliphatic heterocycles. The lowest BCUT2D eigenvalue weighted by atomic mass is 10.2. The molecule has 0 aliphatic carbocycles. The van der Waals surface area contributed by atoms with Crippen molar-refractivity contribution in [2.45, 2.75) is 6.18 Å². The Balaban J connectivity index is 2.53. The average Bonchev–Trinajstić information content (AvgIpc) is 2.38. The van der Waals surface area contributed by atoms with Crippen molar-refractivity contribution < 1.29 is 17.9 Å². The molecular weight excluding hydrogens is 267 g/mol. The maximum atomic E-state index is 12.5. The van der Waals surface area contributed by atoms with E-state index >= 15 is 0 Å². The molecule has 0 aromatic heterocycles. The molecule has 0 radical (unpaired) electrons. The lowest BCUT2D eigenvalue weighted by Gasteiger charge is -2.19. The van der Waals surface area contributed by atoms with E-state index in [4.69, 9.17) is 4.74 Å². The van der Waals surface area contributed by atoms with Crippen LogP contribution in [0.15, 0.2) is 49.6 Å². The van der Waals surface area contributed by atoms with Gasteiger partial charge in [0, 0.05) is 19.6 Å². The second kappa shape index (κ2) is 7.75. The van der Waals surface area contributed by atoms with Crippen LogP contribution >= 0.6 is 0 Å². The summed E-state index contributed by atoms with van der Waals surface area (Å²) in [5.74, 6) is 0.219. The monoisotopic (exact) mass is 285 g/mol. The number of hydrogen-bond acceptors (Lipinski definition) is 2. The third kappa shape index (κ3) is 5.48. The molecule has 0 saturated heterocycles. The lowest BCUT2D eigenvalue weighted by molar-refractivity contribution is -0.137. The maximum Gasteiger partial charge on any atom is 0.416 e. The molecule has 0 atom stereocenters. The Morgan fingerprint density at radius 3 is 2.35 bits per heavy atom. The van der Waals surface area contributed by atoms with E-state index in [1.54, 1.807) is 12.2 Å². The highest BCUT2D eigenvalue weighted by Crippen LogP contribution is 2.31. The summed E-state index contributed by atoms with van der Waals surface area (Å²) in [6.07, 6.45) is -0.835. The molecule has 0 fully saturated rings. The first kappa shape index (κ1) is 16.3. The second-order valence-electron chi connectivity index (χ2n) is 4.21. The van der Waals surface area contributed by atoms with Gasteiger partial charge in [0.15, 0.2) is 0 Å². The van der Waals surface area contributed by atoms with E-state index in [-0.39, 0.29) is 5.75 Å². The zero-order chi connectivity index (χ0) is 15.0. The first-order valence-corrected chi connectivity index (χ1v) is 6.21. The molecule has 0 unspecified atom stereocenters. The minimum atomic E-state index is -4.35. The first-order chi connectivity index (χ1) is 9.47. The minimum Gasteiger partial charge on any atom is -0.492 e. The van der Waals surface area contributed by atoms with Crippen LogP contribution in [0.5, 0.6) is 5.75 Å². The zero-order valence-electron chi connectivity index (χ0n) is 11.2. The smallest absolute Gasteiger partial charge is 0.416 e. The number of rotatable bonds is 8. The van der Waals surface area contributed by atoms with Gasteiger partial charge in [-0.3, -0.25) is 4.90 Å². The van der Waals surface area contributed by atoms with Gasteiger partial charge in [0.1, 0.15) is 12.4 Å². The van der Waals surface area contributed by atoms with Crippen LogP contribution < -0.4 is 4.74 Å². The summed E-state index contributed by atoms with van der Waals surface area (Å²) < 4.78 is 43.0. The van der Waals surface area contributed by atoms with Gasteiger partial charge in [-0.05, 0) is 18.2 Å². The summed E-state index contributed by atoms with van der Waals surface area (Å²) >= 11 is 0. The number of hydrogen-bond donors (Lipinski definition) is 0. The molecule has 20 heavy (non-hydrogen) atoms. The Bertz CT molecular complexity index is 433. The third-order valence-corrected chi connectivity index (χ3v) is 2.61. The van der Waals surface area contributed by atoms with Crippen molar-refractivity contribution >= 4 is 0 Å². The molecule has 0 heterocycles. The van der Waals surface area contributed by atoms with E-state index in [0.29, 0.717) is 26.2 Å². The lowest BCUT2D eigenvalue weighted by Crippen LogP contribution is -2.28. The SMILES string of the molecule is C=CCN(CC=C)CCOc1cccc(C(F)(F)F)c1. The van der Waals surface area contributed by atoms with Crippen molar-refractivity contribution in [1.29, 1.82) is 0 Å². The molecule has 0 saturated carbocycles. The summed E-state index contributed by atoms with van der Waals surface area (Å²) in [6.45, 7) is 9.55. The fraction of sp³-hybridized carbons (Fsp3) is 0.333. The second-order valence-corrected chi connectivity index (χ2v) is 4.21. The molecule has 0 spiro atoms. The van der Waals surface area contributed by atoms with E-state index in [0.717, 1.165) is 12.1 Å². The minimum absolute atomic E-state index is 0.219. The predicted molar refractivity (Wildman–Crippen MR) is 73.8 cm³/mol. The Morgan fingerprint density at radius 1 is 1.15 bits per heavy atom. The Kier molecular flexibility index (Phi) is 6.31. The molecule has 2 nitrogen and oxygen atoms in total. The first-order valence-electron chi connectivity index (χ1n) is 6.21. The van der Waals surface area contributed by atoms with Gasteiger partial charge < -0.3 is 4.74 Å². The topological polar surface area (TPSA) is 12.5 Å². The van der Waals surface area contributed by atoms with Gasteiger partial charge in [-0.15, -0.1) is 13.2 Å². The molecular formula is C15H18F3NO. The summed E-state index contributed by atoms with van der Waals surface area (Å²) in [7, 11) is 0. The zero-order valence-corrected chi connectivity index (χ0v) is 11.2. The highest BCUT2D eigenvalue weighted by atomic mass is 19.4. The van der Waals surface area contributed by atoms with Crippen molar-refractivity contribution in [2.24, 2.45) is 0 Å². The molecule has 0 N–H and O–H groups in total. The highest BCUT2D eigenvalue weighted by Gasteiger charge is 2.30. The highest BCUT2D eigenvalue weighted by molar-refractivity contribution is 5.30. The quantitative estimate of drug-likeness (QED) is 0.674. The Labute approximate surface area is 117 Å². The van der Waals surface area contributed by atoms with Crippen LogP contribution in [-0.2, 0) is 6.18 Å². The van der Waals surface area contributed by atoms with Gasteiger partial charge in [-0.2, -0.15) is 13.2 Å². The number of nitrogens with zero attached hydrogens (tertiary/aromatic N) is 1. The predicted octanol–water partition coefficient (Wildman–Crippen LogP) is 3.76. The van der Waals surface area contributed by atoms with E-state index in [1.165, 1.54) is 12.1 Å². The summed E-state index contributed by atoms with van der Waals surface area (Å²) in [5.41, 5.74) is -0.705. The van der Waals surface area contributed by atoms with Gasteiger partial charge in [0.05, 0.1) is 5.56 Å². The van der Waals surface area contributed by atoms with Gasteiger partial charge in [-0.1, -0.05) is 18.2 Å². The number of alkyl halides is 3. The van der Waals surface area contributed by atoms with Crippen LogP contribution in [0, 0.1) is 0 Å². The van der Waals surface area contributed by atoms with Gasteiger partial charge in [0.25, 0.3) is 0 Å². The summed E-state index contributed by atoms with van der Waals surface area (Å²) in [6, 6.07) is 4.88. The molecule has 110 valence electrons. The maximum absolute atomic E-state index is 12.5. The molecule has 5 heteroatoms. The Morgan fingerprint density at radius 2 is 1.80 bits per heavy atom. The number of ether oxygens (including phenoxy) is 1. The molecule has 1 aromatic carbocycles. The average molecular weight is 285 g/mol. The van der Waals surface area contributed by atoms with Crippen LogP contribution in [0.2, 0.25) is 0 Å².